The lowest BCUT2D eigenvalue weighted by Crippen LogP contribution is -2.39. The summed E-state index contributed by atoms with van der Waals surface area (Å²) >= 11 is 0. The van der Waals surface area contributed by atoms with Crippen LogP contribution in [0.15, 0.2) is 28.7 Å². The van der Waals surface area contributed by atoms with Gasteiger partial charge in [-0.05, 0) is 57.8 Å². The maximum Gasteiger partial charge on any atom is 0.257 e. The van der Waals surface area contributed by atoms with Gasteiger partial charge in [-0.3, -0.25) is 9.69 Å². The minimum Gasteiger partial charge on any atom is -0.497 e. The Hall–Kier alpha value is -2.54. The molecule has 0 spiro atoms. The van der Waals surface area contributed by atoms with Crippen molar-refractivity contribution in [2.45, 2.75) is 33.2 Å². The predicted octanol–water partition coefficient (Wildman–Crippen LogP) is 2.71. The van der Waals surface area contributed by atoms with Gasteiger partial charge in [-0.15, -0.1) is 0 Å². The number of methoxy groups -OCH3 is 1. The van der Waals surface area contributed by atoms with E-state index in [1.54, 1.807) is 13.2 Å². The van der Waals surface area contributed by atoms with Crippen LogP contribution in [0.25, 0.3) is 0 Å². The van der Waals surface area contributed by atoms with Gasteiger partial charge in [0.1, 0.15) is 17.3 Å². The zero-order valence-corrected chi connectivity index (χ0v) is 16.9. The summed E-state index contributed by atoms with van der Waals surface area (Å²) in [6.07, 6.45) is 2.10. The highest BCUT2D eigenvalue weighted by atomic mass is 16.5. The van der Waals surface area contributed by atoms with Crippen molar-refractivity contribution in [3.05, 3.63) is 41.6 Å². The standard InChI is InChI=1S/C21H29N3O4/c1-15-16(2)28-21(23-15)13-24-9-7-17(8-10-24)12-22-20(25)14-27-19-6-4-5-18(11-19)26-3/h4-6,11,17H,7-10,12-14H2,1-3H3,(H,22,25). The van der Waals surface area contributed by atoms with Crippen molar-refractivity contribution in [1.82, 2.24) is 15.2 Å². The quantitative estimate of drug-likeness (QED) is 0.751. The minimum atomic E-state index is -0.101. The second kappa shape index (κ2) is 9.59. The van der Waals surface area contributed by atoms with E-state index >= 15 is 0 Å². The van der Waals surface area contributed by atoms with Crippen molar-refractivity contribution in [1.29, 1.82) is 0 Å². The van der Waals surface area contributed by atoms with Gasteiger partial charge in [-0.1, -0.05) is 6.07 Å². The second-order valence-corrected chi connectivity index (χ2v) is 7.24. The van der Waals surface area contributed by atoms with Gasteiger partial charge in [-0.25, -0.2) is 4.98 Å². The third-order valence-corrected chi connectivity index (χ3v) is 5.14. The molecule has 2 aromatic rings. The van der Waals surface area contributed by atoms with Crippen molar-refractivity contribution < 1.29 is 18.7 Å². The lowest BCUT2D eigenvalue weighted by Gasteiger charge is -2.31. The summed E-state index contributed by atoms with van der Waals surface area (Å²) in [5, 5.41) is 2.98. The third kappa shape index (κ3) is 5.73. The van der Waals surface area contributed by atoms with E-state index < -0.39 is 0 Å². The number of nitrogens with one attached hydrogen (secondary N) is 1. The highest BCUT2D eigenvalue weighted by molar-refractivity contribution is 5.77. The first-order valence-electron chi connectivity index (χ1n) is 9.72. The number of aromatic nitrogens is 1. The number of hydrogen-bond donors (Lipinski definition) is 1. The molecule has 3 rings (SSSR count). The van der Waals surface area contributed by atoms with Crippen LogP contribution in [0.3, 0.4) is 0 Å². The predicted molar refractivity (Wildman–Crippen MR) is 105 cm³/mol. The van der Waals surface area contributed by atoms with Crippen molar-refractivity contribution in [3.63, 3.8) is 0 Å². The van der Waals surface area contributed by atoms with Crippen LogP contribution in [-0.4, -0.2) is 49.1 Å². The fraction of sp³-hybridized carbons (Fsp3) is 0.524. The summed E-state index contributed by atoms with van der Waals surface area (Å²) in [5.74, 6) is 3.40. The molecular formula is C21H29N3O4. The molecular weight excluding hydrogens is 358 g/mol. The van der Waals surface area contributed by atoms with Crippen molar-refractivity contribution in [2.75, 3.05) is 33.4 Å². The molecule has 0 aliphatic carbocycles. The number of benzene rings is 1. The molecule has 2 heterocycles. The first-order chi connectivity index (χ1) is 13.5. The van der Waals surface area contributed by atoms with E-state index in [1.807, 2.05) is 32.0 Å². The SMILES string of the molecule is COc1cccc(OCC(=O)NCC2CCN(Cc3nc(C)c(C)o3)CC2)c1. The van der Waals surface area contributed by atoms with E-state index in [1.165, 1.54) is 0 Å². The number of aryl methyl sites for hydroxylation is 2. The molecule has 1 fully saturated rings. The van der Waals surface area contributed by atoms with E-state index in [4.69, 9.17) is 13.9 Å². The number of nitrogens with zero attached hydrogens (tertiary/aromatic N) is 2. The van der Waals surface area contributed by atoms with Gasteiger partial charge < -0.3 is 19.2 Å². The van der Waals surface area contributed by atoms with Crippen molar-refractivity contribution in [2.24, 2.45) is 5.92 Å². The van der Waals surface area contributed by atoms with Gasteiger partial charge in [0.25, 0.3) is 5.91 Å². The van der Waals surface area contributed by atoms with Crippen LogP contribution < -0.4 is 14.8 Å². The van der Waals surface area contributed by atoms with Gasteiger partial charge in [-0.2, -0.15) is 0 Å². The topological polar surface area (TPSA) is 76.8 Å². The maximum absolute atomic E-state index is 12.1. The molecule has 1 amide bonds. The molecule has 7 heteroatoms. The molecule has 0 unspecified atom stereocenters. The Morgan fingerprint density at radius 1 is 1.29 bits per heavy atom. The number of ether oxygens (including phenoxy) is 2. The number of hydrogen-bond acceptors (Lipinski definition) is 6. The molecule has 28 heavy (non-hydrogen) atoms. The molecule has 0 saturated carbocycles. The molecule has 1 saturated heterocycles. The zero-order chi connectivity index (χ0) is 19.9. The van der Waals surface area contributed by atoms with E-state index in [-0.39, 0.29) is 12.5 Å². The first kappa shape index (κ1) is 20.2. The summed E-state index contributed by atoms with van der Waals surface area (Å²) in [4.78, 5) is 18.9. The Morgan fingerprint density at radius 2 is 2.04 bits per heavy atom. The number of carbonyl (C=O) groups is 1. The van der Waals surface area contributed by atoms with Gasteiger partial charge in [0.05, 0.1) is 19.3 Å². The van der Waals surface area contributed by atoms with Gasteiger partial charge in [0, 0.05) is 12.6 Å². The smallest absolute Gasteiger partial charge is 0.257 e. The van der Waals surface area contributed by atoms with Crippen molar-refractivity contribution in [3.8, 4) is 11.5 Å². The molecule has 1 aromatic heterocycles. The number of amides is 1. The summed E-state index contributed by atoms with van der Waals surface area (Å²) in [6.45, 7) is 7.33. The van der Waals surface area contributed by atoms with E-state index in [0.29, 0.717) is 24.0 Å². The average Bonchev–Trinajstić information content (AvgIpc) is 3.03. The normalized spacial score (nSPS) is 15.4. The van der Waals surface area contributed by atoms with Gasteiger partial charge in [0.15, 0.2) is 6.61 Å². The van der Waals surface area contributed by atoms with Crippen LogP contribution in [-0.2, 0) is 11.3 Å². The lowest BCUT2D eigenvalue weighted by molar-refractivity contribution is -0.123. The molecule has 0 bridgehead atoms. The minimum absolute atomic E-state index is 0.00881. The second-order valence-electron chi connectivity index (χ2n) is 7.24. The summed E-state index contributed by atoms with van der Waals surface area (Å²) < 4.78 is 16.3. The number of carbonyl (C=O) groups excluding carboxylic acids is 1. The Labute approximate surface area is 166 Å². The Kier molecular flexibility index (Phi) is 6.92. The van der Waals surface area contributed by atoms with Gasteiger partial charge in [0.2, 0.25) is 5.89 Å². The van der Waals surface area contributed by atoms with E-state index in [0.717, 1.165) is 49.8 Å². The Balaban J connectivity index is 1.33. The van der Waals surface area contributed by atoms with Gasteiger partial charge >= 0.3 is 0 Å². The molecule has 0 radical (unpaired) electrons. The largest absolute Gasteiger partial charge is 0.497 e. The summed E-state index contributed by atoms with van der Waals surface area (Å²) in [7, 11) is 1.60. The van der Waals surface area contributed by atoms with Crippen LogP contribution in [0.1, 0.15) is 30.2 Å². The maximum atomic E-state index is 12.1. The molecule has 1 N–H and O–H groups in total. The first-order valence-corrected chi connectivity index (χ1v) is 9.72. The van der Waals surface area contributed by atoms with Crippen molar-refractivity contribution >= 4 is 5.91 Å². The average molecular weight is 387 g/mol. The molecule has 1 aliphatic heterocycles. The number of piperidine rings is 1. The van der Waals surface area contributed by atoms with Crippen LogP contribution >= 0.6 is 0 Å². The highest BCUT2D eigenvalue weighted by Crippen LogP contribution is 2.20. The number of likely N-dealkylation sites (tertiary alicyclic amines) is 1. The summed E-state index contributed by atoms with van der Waals surface area (Å²) in [5.41, 5.74) is 0.962. The Bertz CT molecular complexity index is 762. The number of rotatable bonds is 8. The van der Waals surface area contributed by atoms with Crippen LogP contribution in [0, 0.1) is 19.8 Å². The molecule has 7 nitrogen and oxygen atoms in total. The van der Waals surface area contributed by atoms with Crippen LogP contribution in [0.2, 0.25) is 0 Å². The third-order valence-electron chi connectivity index (χ3n) is 5.14. The fourth-order valence-electron chi connectivity index (χ4n) is 3.30. The lowest BCUT2D eigenvalue weighted by atomic mass is 9.97. The molecule has 1 aromatic carbocycles. The van der Waals surface area contributed by atoms with Crippen LogP contribution in [0.4, 0.5) is 0 Å². The Morgan fingerprint density at radius 3 is 2.71 bits per heavy atom. The van der Waals surface area contributed by atoms with Crippen LogP contribution in [0.5, 0.6) is 11.5 Å². The number of oxazole rings is 1. The van der Waals surface area contributed by atoms with E-state index in [9.17, 15) is 4.79 Å². The monoisotopic (exact) mass is 387 g/mol. The summed E-state index contributed by atoms with van der Waals surface area (Å²) in [6, 6.07) is 7.24. The molecule has 1 aliphatic rings. The highest BCUT2D eigenvalue weighted by Gasteiger charge is 2.21. The molecule has 152 valence electrons. The van der Waals surface area contributed by atoms with E-state index in [2.05, 4.69) is 15.2 Å². The molecule has 0 atom stereocenters. The fourth-order valence-corrected chi connectivity index (χ4v) is 3.30. The zero-order valence-electron chi connectivity index (χ0n) is 16.9.